The van der Waals surface area contributed by atoms with Gasteiger partial charge in [-0.25, -0.2) is 15.0 Å². The molecule has 3 heterocycles. The molecule has 5 rings (SSSR count). The van der Waals surface area contributed by atoms with Crippen LogP contribution in [0.4, 0.5) is 17.2 Å². The quantitative estimate of drug-likeness (QED) is 0.720. The molecule has 0 amide bonds. The third-order valence-corrected chi connectivity index (χ3v) is 5.75. The molecule has 0 saturated heterocycles. The van der Waals surface area contributed by atoms with Gasteiger partial charge >= 0.3 is 0 Å². The van der Waals surface area contributed by atoms with Crippen LogP contribution >= 0.6 is 0 Å². The van der Waals surface area contributed by atoms with Gasteiger partial charge in [0.25, 0.3) is 0 Å². The average Bonchev–Trinajstić information content (AvgIpc) is 3.39. The lowest BCUT2D eigenvalue weighted by Gasteiger charge is -2.20. The Balaban J connectivity index is 1.41. The minimum Gasteiger partial charge on any atom is -0.492 e. The number of pyridine rings is 1. The molecule has 1 spiro atoms. The minimum atomic E-state index is 0.138. The van der Waals surface area contributed by atoms with Gasteiger partial charge in [-0.2, -0.15) is 0 Å². The molecule has 1 fully saturated rings. The fourth-order valence-electron chi connectivity index (χ4n) is 3.87. The zero-order valence-corrected chi connectivity index (χ0v) is 16.8. The van der Waals surface area contributed by atoms with E-state index in [1.807, 2.05) is 43.1 Å². The Morgan fingerprint density at radius 1 is 1.10 bits per heavy atom. The largest absolute Gasteiger partial charge is 0.492 e. The van der Waals surface area contributed by atoms with Crippen LogP contribution in [0.1, 0.15) is 29.8 Å². The number of ether oxygens (including phenoxy) is 2. The molecular weight excluding hydrogens is 366 g/mol. The molecular formula is C22H23N5O2. The Hall–Kier alpha value is -3.35. The lowest BCUT2D eigenvalue weighted by molar-refractivity contribution is 0.322. The molecule has 1 aliphatic carbocycles. The van der Waals surface area contributed by atoms with Crippen LogP contribution in [0.15, 0.2) is 36.7 Å². The monoisotopic (exact) mass is 389 g/mol. The number of benzene rings is 1. The van der Waals surface area contributed by atoms with Gasteiger partial charge in [-0.15, -0.1) is 0 Å². The Labute approximate surface area is 169 Å². The number of fused-ring (bicyclic) bond motifs is 2. The highest BCUT2D eigenvalue weighted by atomic mass is 16.5. The molecule has 2 N–H and O–H groups in total. The normalized spacial score (nSPS) is 15.7. The Morgan fingerprint density at radius 2 is 1.93 bits per heavy atom. The number of anilines is 3. The van der Waals surface area contributed by atoms with Crippen LogP contribution < -0.4 is 20.1 Å². The van der Waals surface area contributed by atoms with E-state index < -0.39 is 0 Å². The number of nitrogens with two attached hydrogens (primary N) is 1. The molecule has 0 unspecified atom stereocenters. The molecule has 0 radical (unpaired) electrons. The van der Waals surface area contributed by atoms with E-state index in [1.165, 1.54) is 5.56 Å². The maximum Gasteiger partial charge on any atom is 0.219 e. The molecule has 1 aromatic carbocycles. The molecule has 3 aromatic rings. The van der Waals surface area contributed by atoms with E-state index >= 15 is 0 Å². The van der Waals surface area contributed by atoms with Crippen molar-refractivity contribution in [2.24, 2.45) is 0 Å². The van der Waals surface area contributed by atoms with Gasteiger partial charge in [0.2, 0.25) is 5.88 Å². The summed E-state index contributed by atoms with van der Waals surface area (Å²) in [5, 5.41) is 0. The summed E-state index contributed by atoms with van der Waals surface area (Å²) in [6.07, 6.45) is 5.67. The van der Waals surface area contributed by atoms with Gasteiger partial charge in [-0.1, -0.05) is 6.07 Å². The highest BCUT2D eigenvalue weighted by Gasteiger charge is 2.53. The molecule has 0 bridgehead atoms. The van der Waals surface area contributed by atoms with Crippen molar-refractivity contribution in [1.29, 1.82) is 0 Å². The molecule has 7 heteroatoms. The van der Waals surface area contributed by atoms with E-state index in [0.717, 1.165) is 42.2 Å². The lowest BCUT2D eigenvalue weighted by atomic mass is 9.95. The second-order valence-corrected chi connectivity index (χ2v) is 7.87. The predicted molar refractivity (Wildman–Crippen MR) is 111 cm³/mol. The van der Waals surface area contributed by atoms with Crippen molar-refractivity contribution >= 4 is 17.2 Å². The van der Waals surface area contributed by atoms with Crippen LogP contribution in [0, 0.1) is 13.8 Å². The fourth-order valence-corrected chi connectivity index (χ4v) is 3.87. The van der Waals surface area contributed by atoms with Crippen LogP contribution in [-0.2, 0) is 5.41 Å². The summed E-state index contributed by atoms with van der Waals surface area (Å²) in [5.74, 6) is 3.68. The van der Waals surface area contributed by atoms with Gasteiger partial charge < -0.3 is 20.1 Å². The Kier molecular flexibility index (Phi) is 3.87. The second-order valence-electron chi connectivity index (χ2n) is 7.87. The van der Waals surface area contributed by atoms with Crippen molar-refractivity contribution in [1.82, 2.24) is 15.0 Å². The van der Waals surface area contributed by atoms with Crippen molar-refractivity contribution in [2.75, 3.05) is 24.3 Å². The molecule has 2 aromatic heterocycles. The highest BCUT2D eigenvalue weighted by Crippen LogP contribution is 2.59. The number of nitrogens with zero attached hydrogens (tertiary/aromatic N) is 4. The molecule has 29 heavy (non-hydrogen) atoms. The van der Waals surface area contributed by atoms with Gasteiger partial charge in [0.15, 0.2) is 5.82 Å². The van der Waals surface area contributed by atoms with Crippen molar-refractivity contribution in [3.05, 3.63) is 53.6 Å². The van der Waals surface area contributed by atoms with Crippen LogP contribution in [0.25, 0.3) is 0 Å². The Morgan fingerprint density at radius 3 is 2.66 bits per heavy atom. The summed E-state index contributed by atoms with van der Waals surface area (Å²) in [5.41, 5.74) is 9.90. The second kappa shape index (κ2) is 6.34. The summed E-state index contributed by atoms with van der Waals surface area (Å²) in [4.78, 5) is 14.9. The summed E-state index contributed by atoms with van der Waals surface area (Å²) in [7, 11) is 1.90. The lowest BCUT2D eigenvalue weighted by Crippen LogP contribution is -2.14. The van der Waals surface area contributed by atoms with E-state index in [1.54, 1.807) is 12.4 Å². The molecule has 1 saturated carbocycles. The van der Waals surface area contributed by atoms with Crippen molar-refractivity contribution < 1.29 is 9.47 Å². The first kappa shape index (κ1) is 17.7. The first-order valence-electron chi connectivity index (χ1n) is 9.70. The van der Waals surface area contributed by atoms with Crippen molar-refractivity contribution in [3.8, 4) is 17.4 Å². The zero-order valence-electron chi connectivity index (χ0n) is 16.8. The number of rotatable bonds is 4. The summed E-state index contributed by atoms with van der Waals surface area (Å²) < 4.78 is 12.1. The minimum absolute atomic E-state index is 0.138. The van der Waals surface area contributed by atoms with E-state index in [0.29, 0.717) is 23.2 Å². The molecule has 7 nitrogen and oxygen atoms in total. The Bertz CT molecular complexity index is 1090. The summed E-state index contributed by atoms with van der Waals surface area (Å²) in [6.45, 7) is 4.66. The number of hydrogen-bond donors (Lipinski definition) is 1. The maximum atomic E-state index is 6.18. The topological polar surface area (TPSA) is 86.4 Å². The summed E-state index contributed by atoms with van der Waals surface area (Å²) in [6, 6.07) is 7.86. The molecule has 148 valence electrons. The number of aryl methyl sites for hydroxylation is 2. The van der Waals surface area contributed by atoms with Crippen LogP contribution in [0.2, 0.25) is 0 Å². The fraction of sp³-hybridized carbons (Fsp3) is 0.318. The van der Waals surface area contributed by atoms with Crippen LogP contribution in [0.5, 0.6) is 17.4 Å². The van der Waals surface area contributed by atoms with Crippen molar-refractivity contribution in [2.45, 2.75) is 32.1 Å². The molecule has 2 aliphatic rings. The number of nitrogen functional groups attached to an aromatic ring is 1. The van der Waals surface area contributed by atoms with Crippen LogP contribution in [-0.4, -0.2) is 28.6 Å². The number of aromatic nitrogens is 3. The first-order chi connectivity index (χ1) is 14.0. The molecule has 1 aliphatic heterocycles. The van der Waals surface area contributed by atoms with Gasteiger partial charge in [-0.3, -0.25) is 0 Å². The van der Waals surface area contributed by atoms with Gasteiger partial charge in [0, 0.05) is 24.1 Å². The first-order valence-corrected chi connectivity index (χ1v) is 9.70. The predicted octanol–water partition coefficient (Wildman–Crippen LogP) is 4.05. The SMILES string of the molecule is Cc1ncc(N)c(N(C)c2ccc(Oc3ccc(C)c4c3C3(CC3)CO4)nc2)n1. The number of hydrogen-bond acceptors (Lipinski definition) is 7. The third kappa shape index (κ3) is 2.93. The van der Waals surface area contributed by atoms with Gasteiger partial charge in [0.05, 0.1) is 30.4 Å². The van der Waals surface area contributed by atoms with Gasteiger partial charge in [0.1, 0.15) is 17.3 Å². The van der Waals surface area contributed by atoms with E-state index in [-0.39, 0.29) is 5.41 Å². The van der Waals surface area contributed by atoms with E-state index in [4.69, 9.17) is 15.2 Å². The van der Waals surface area contributed by atoms with E-state index in [2.05, 4.69) is 21.9 Å². The molecule has 0 atom stereocenters. The van der Waals surface area contributed by atoms with Crippen LogP contribution in [0.3, 0.4) is 0 Å². The third-order valence-electron chi connectivity index (χ3n) is 5.75. The van der Waals surface area contributed by atoms with Crippen molar-refractivity contribution in [3.63, 3.8) is 0 Å². The average molecular weight is 389 g/mol. The summed E-state index contributed by atoms with van der Waals surface area (Å²) >= 11 is 0. The highest BCUT2D eigenvalue weighted by molar-refractivity contribution is 5.69. The van der Waals surface area contributed by atoms with E-state index in [9.17, 15) is 0 Å². The van der Waals surface area contributed by atoms with Gasteiger partial charge in [-0.05, 0) is 44.4 Å². The standard InChI is InChI=1S/C22H23N5O2/c1-13-4-6-17(19-20(13)28-12-22(19)8-9-22)29-18-7-5-15(10-25-18)27(3)21-16(23)11-24-14(2)26-21/h4-7,10-11H,8-9,12,23H2,1-3H3. The zero-order chi connectivity index (χ0) is 20.2. The smallest absolute Gasteiger partial charge is 0.219 e. The maximum absolute atomic E-state index is 6.18.